The number of methoxy groups -OCH3 is 4. The summed E-state index contributed by atoms with van der Waals surface area (Å²) in [4.78, 5) is 57.1. The topological polar surface area (TPSA) is 234 Å². The second-order valence-corrected chi connectivity index (χ2v) is 20.9. The van der Waals surface area contributed by atoms with Crippen molar-refractivity contribution in [3.63, 3.8) is 0 Å². The third-order valence-electron chi connectivity index (χ3n) is 15.8. The Kier molecular flexibility index (Phi) is 19.2. The lowest BCUT2D eigenvalue weighted by atomic mass is 9.79. The molecular formula is C62H72O22. The van der Waals surface area contributed by atoms with Crippen LogP contribution in [0.3, 0.4) is 0 Å². The maximum Gasteiger partial charge on any atom is 0.338 e. The van der Waals surface area contributed by atoms with E-state index in [-0.39, 0.29) is 48.7 Å². The van der Waals surface area contributed by atoms with Crippen LogP contribution in [0.15, 0.2) is 122 Å². The first-order valence-corrected chi connectivity index (χ1v) is 27.8. The van der Waals surface area contributed by atoms with Crippen molar-refractivity contribution in [2.75, 3.05) is 48.3 Å². The molecule has 0 aromatic heterocycles. The number of esters is 4. The van der Waals surface area contributed by atoms with Crippen molar-refractivity contribution < 1.29 is 107 Å². The van der Waals surface area contributed by atoms with Crippen LogP contribution in [-0.4, -0.2) is 164 Å². The monoisotopic (exact) mass is 1170 g/mol. The van der Waals surface area contributed by atoms with Crippen LogP contribution in [0.1, 0.15) is 80.7 Å². The van der Waals surface area contributed by atoms with Crippen LogP contribution in [0.5, 0.6) is 11.5 Å². The van der Waals surface area contributed by atoms with Crippen molar-refractivity contribution in [1.82, 2.24) is 0 Å². The first kappa shape index (κ1) is 58.0. The van der Waals surface area contributed by atoms with Gasteiger partial charge in [0, 0.05) is 32.6 Å². The van der Waals surface area contributed by atoms with Gasteiger partial charge in [0.25, 0.3) is 0 Å². The Morgan fingerprint density at radius 3 is 1.52 bits per heavy atom. The van der Waals surface area contributed by atoms with Crippen molar-refractivity contribution in [1.29, 1.82) is 0 Å². The predicted molar refractivity (Wildman–Crippen MR) is 291 cm³/mol. The molecule has 22 atom stereocenters. The Morgan fingerprint density at radius 2 is 1.01 bits per heavy atom. The summed E-state index contributed by atoms with van der Waals surface area (Å²) < 4.78 is 132. The third kappa shape index (κ3) is 13.7. The molecule has 0 saturated carbocycles. The minimum absolute atomic E-state index is 0.0349. The van der Waals surface area contributed by atoms with E-state index in [9.17, 15) is 21.9 Å². The summed E-state index contributed by atoms with van der Waals surface area (Å²) in [7, 11) is 5.44. The summed E-state index contributed by atoms with van der Waals surface area (Å²) in [6, 6.07) is 29.8. The van der Waals surface area contributed by atoms with Crippen molar-refractivity contribution in [3.8, 4) is 11.5 Å². The zero-order valence-corrected chi connectivity index (χ0v) is 47.5. The molecule has 22 heteroatoms. The van der Waals surface area contributed by atoms with Gasteiger partial charge in [-0.15, -0.1) is 6.58 Å². The van der Waals surface area contributed by atoms with E-state index in [4.69, 9.17) is 85.3 Å². The summed E-state index contributed by atoms with van der Waals surface area (Å²) in [5, 5.41) is 0. The lowest BCUT2D eigenvalue weighted by Crippen LogP contribution is -2.66. The maximum atomic E-state index is 14.7. The summed E-state index contributed by atoms with van der Waals surface area (Å²) >= 11 is 0. The Hall–Kier alpha value is -6.38. The molecule has 452 valence electrons. The molecule has 0 spiro atoms. The lowest BCUT2D eigenvalue weighted by molar-refractivity contribution is -0.387. The Morgan fingerprint density at radius 1 is 0.536 bits per heavy atom. The van der Waals surface area contributed by atoms with Gasteiger partial charge in [0.1, 0.15) is 42.0 Å². The number of ether oxygens (including phenoxy) is 18. The molecular weight excluding hydrogens is 1100 g/mol. The summed E-state index contributed by atoms with van der Waals surface area (Å²) in [5.74, 6) is -3.25. The van der Waals surface area contributed by atoms with Crippen LogP contribution < -0.4 is 9.47 Å². The molecule has 0 bridgehead atoms. The van der Waals surface area contributed by atoms with Crippen LogP contribution in [0.4, 0.5) is 0 Å². The number of fused-ring (bicyclic) bond motifs is 2. The Balaban J connectivity index is 1.04. The van der Waals surface area contributed by atoms with Crippen LogP contribution in [0.25, 0.3) is 0 Å². The van der Waals surface area contributed by atoms with E-state index in [0.29, 0.717) is 22.6 Å². The van der Waals surface area contributed by atoms with Gasteiger partial charge in [-0.2, -0.15) is 0 Å². The zero-order valence-electron chi connectivity index (χ0n) is 49.5. The molecule has 6 saturated heterocycles. The maximum absolute atomic E-state index is 14.7. The second-order valence-electron chi connectivity index (χ2n) is 20.9. The van der Waals surface area contributed by atoms with Crippen molar-refractivity contribution in [2.45, 2.75) is 138 Å². The fourth-order valence-electron chi connectivity index (χ4n) is 10.9. The quantitative estimate of drug-likeness (QED) is 0.0523. The lowest BCUT2D eigenvalue weighted by Gasteiger charge is -2.51. The highest BCUT2D eigenvalue weighted by Crippen LogP contribution is 2.44. The predicted octanol–water partition coefficient (Wildman–Crippen LogP) is 6.98. The summed E-state index contributed by atoms with van der Waals surface area (Å²) in [6.45, 7) is 9.24. The van der Waals surface area contributed by atoms with E-state index in [1.165, 1.54) is 44.6 Å². The molecule has 4 aromatic carbocycles. The minimum Gasteiger partial charge on any atom is -0.497 e. The number of carbonyl (C=O) groups excluding carboxylic acids is 4. The molecule has 10 unspecified atom stereocenters. The molecule has 84 heavy (non-hydrogen) atoms. The number of benzene rings is 4. The highest BCUT2D eigenvalue weighted by Gasteiger charge is 2.59. The Labute approximate surface area is 489 Å². The number of carbonyl (C=O) groups is 4. The van der Waals surface area contributed by atoms with E-state index in [0.717, 1.165) is 7.11 Å². The SMILES string of the molecule is [3H]C1[C@H](O[C@@H]2C(C(=O)OC)O[C@@H](O[C@@H]3C([3H])[C@H](OCC=C)OC4COC(c5ccc(OC)cc5)O[C@@H]43)C(OC(=O)c3ccccc3)[C@H]2OC(=O)c2ccccc2)OC2COC(c3ccc(OC)cc3)O[C@@H]2[C@@H]1O[C@@H]1OC(C(=O)OC)[C@@H](C)[C@H](C)C1C. The molecule has 0 amide bonds. The Bertz CT molecular complexity index is 2910. The highest BCUT2D eigenvalue weighted by molar-refractivity contribution is 5.90. The van der Waals surface area contributed by atoms with Crippen LogP contribution >= 0.6 is 0 Å². The largest absolute Gasteiger partial charge is 0.497 e. The fraction of sp³-hybridized carbons (Fsp3) is 0.516. The minimum atomic E-state index is -1.95. The fourth-order valence-corrected chi connectivity index (χ4v) is 10.9. The van der Waals surface area contributed by atoms with Crippen LogP contribution in [0.2, 0.25) is 0 Å². The van der Waals surface area contributed by atoms with Crippen molar-refractivity contribution in [3.05, 3.63) is 144 Å². The molecule has 4 aromatic rings. The van der Waals surface area contributed by atoms with Crippen LogP contribution in [0, 0.1) is 17.8 Å². The van der Waals surface area contributed by atoms with E-state index in [1.54, 1.807) is 92.0 Å². The molecule has 6 fully saturated rings. The number of hydrogen-bond donors (Lipinski definition) is 0. The molecule has 6 aliphatic rings. The van der Waals surface area contributed by atoms with Gasteiger partial charge in [-0.1, -0.05) is 87.5 Å². The molecule has 22 nitrogen and oxygen atoms in total. The standard InChI is InChI=1S/C62H72O22/c1-9-28-71-46-29-42(49-44(74-46)31-72-60(82-49)38-20-24-40(67-5)25-21-38)77-62-54(80-56(64)37-18-14-11-15-19-37)52(79-55(63)36-16-12-10-13-17-36)51(53(84-62)58(66)70-8)78-47-30-43(76-59-35(4)33(2)34(3)48(81-59)57(65)69-7)50-45(75-47)32-73-61(83-50)39-22-26-41(68-6)27-23-39/h9-27,33-35,42-54,59-62H,1,28-32H2,2-8H3/t33-,34-,35?,42+,43+,44?,45?,46+,47-,48?,49+,50+,51-,52-,53?,54?,59+,60?,61?,62+/m0/s1/i29T,30T/t29?,30?,33-,34-,35?,42+,43+,44?,45?,46+,47-,48?,49+,50+,51-,52-,53?,54?,59+,60?,61?,62+. The summed E-state index contributed by atoms with van der Waals surface area (Å²) in [5.41, 5.74) is 1.30. The van der Waals surface area contributed by atoms with Gasteiger partial charge in [0.05, 0.1) is 71.6 Å². The van der Waals surface area contributed by atoms with Gasteiger partial charge in [-0.25, -0.2) is 19.2 Å². The number of hydrogen-bond acceptors (Lipinski definition) is 22. The summed E-state index contributed by atoms with van der Waals surface area (Å²) in [6.07, 6.45) is -25.2. The van der Waals surface area contributed by atoms with Gasteiger partial charge in [-0.3, -0.25) is 0 Å². The molecule has 0 aliphatic carbocycles. The number of rotatable bonds is 19. The third-order valence-corrected chi connectivity index (χ3v) is 15.8. The molecule has 0 radical (unpaired) electrons. The molecule has 6 aliphatic heterocycles. The van der Waals surface area contributed by atoms with Gasteiger partial charge < -0.3 is 85.3 Å². The van der Waals surface area contributed by atoms with Gasteiger partial charge in [0.2, 0.25) is 0 Å². The average Bonchev–Trinajstić information content (AvgIpc) is 2.27. The molecule has 10 rings (SSSR count). The highest BCUT2D eigenvalue weighted by atomic mass is 16.8. The van der Waals surface area contributed by atoms with Crippen molar-refractivity contribution in [2.24, 2.45) is 17.8 Å². The second kappa shape index (κ2) is 27.8. The zero-order chi connectivity index (χ0) is 60.8. The van der Waals surface area contributed by atoms with E-state index >= 15 is 0 Å². The normalized spacial score (nSPS) is 36.8. The smallest absolute Gasteiger partial charge is 0.338 e. The van der Waals surface area contributed by atoms with E-state index in [2.05, 4.69) is 6.58 Å². The van der Waals surface area contributed by atoms with Gasteiger partial charge in [0.15, 0.2) is 62.2 Å². The van der Waals surface area contributed by atoms with E-state index < -0.39 is 142 Å². The first-order valence-electron chi connectivity index (χ1n) is 28.9. The van der Waals surface area contributed by atoms with Crippen LogP contribution in [-0.2, 0) is 85.4 Å². The van der Waals surface area contributed by atoms with E-state index in [1.807, 2.05) is 20.8 Å². The van der Waals surface area contributed by atoms with Crippen molar-refractivity contribution >= 4 is 23.9 Å². The molecule has 0 N–H and O–H groups in total. The van der Waals surface area contributed by atoms with Gasteiger partial charge >= 0.3 is 23.9 Å². The molecule has 6 heterocycles. The average molecular weight is 1170 g/mol. The van der Waals surface area contributed by atoms with Gasteiger partial charge in [-0.05, 0) is 60.4 Å². The first-order chi connectivity index (χ1) is 41.6.